The number of rotatable bonds is 4. The Morgan fingerprint density at radius 1 is 1.05 bits per heavy atom. The first-order valence-electron chi connectivity index (χ1n) is 7.02. The molecule has 4 heteroatoms. The van der Waals surface area contributed by atoms with Gasteiger partial charge in [0, 0.05) is 23.6 Å². The van der Waals surface area contributed by atoms with Crippen LogP contribution in [0.15, 0.2) is 54.7 Å². The van der Waals surface area contributed by atoms with Crippen LogP contribution >= 0.6 is 0 Å². The molecule has 0 radical (unpaired) electrons. The lowest BCUT2D eigenvalue weighted by Crippen LogP contribution is -2.01. The standard InChI is InChI=1S/C18H17NO3/c1-21-14-9-7-13(8-10-14)11-19-12-16(18(20)22-2)15-5-3-4-6-17(15)19/h3-10,12H,11H2,1-2H3. The third kappa shape index (κ3) is 2.55. The average Bonchev–Trinajstić information content (AvgIpc) is 2.94. The predicted octanol–water partition coefficient (Wildman–Crippen LogP) is 3.48. The molecule has 1 heterocycles. The number of fused-ring (bicyclic) bond motifs is 1. The Labute approximate surface area is 128 Å². The number of ether oxygens (including phenoxy) is 2. The molecule has 3 aromatic rings. The summed E-state index contributed by atoms with van der Waals surface area (Å²) in [7, 11) is 3.05. The number of benzene rings is 2. The molecule has 112 valence electrons. The minimum absolute atomic E-state index is 0.315. The van der Waals surface area contributed by atoms with Crippen molar-refractivity contribution in [2.75, 3.05) is 14.2 Å². The molecule has 0 bridgehead atoms. The zero-order valence-corrected chi connectivity index (χ0v) is 12.6. The molecular weight excluding hydrogens is 278 g/mol. The summed E-state index contributed by atoms with van der Waals surface area (Å²) in [5.74, 6) is 0.515. The van der Waals surface area contributed by atoms with E-state index in [2.05, 4.69) is 4.57 Å². The fraction of sp³-hybridized carbons (Fsp3) is 0.167. The van der Waals surface area contributed by atoms with Gasteiger partial charge in [-0.15, -0.1) is 0 Å². The van der Waals surface area contributed by atoms with Crippen molar-refractivity contribution < 1.29 is 14.3 Å². The first kappa shape index (κ1) is 14.2. The van der Waals surface area contributed by atoms with Gasteiger partial charge in [0.05, 0.1) is 19.8 Å². The van der Waals surface area contributed by atoms with Crippen LogP contribution in [0.3, 0.4) is 0 Å². The zero-order chi connectivity index (χ0) is 15.5. The van der Waals surface area contributed by atoms with Gasteiger partial charge in [-0.2, -0.15) is 0 Å². The lowest BCUT2D eigenvalue weighted by atomic mass is 10.2. The van der Waals surface area contributed by atoms with Gasteiger partial charge in [-0.05, 0) is 23.8 Å². The number of para-hydroxylation sites is 1. The van der Waals surface area contributed by atoms with E-state index < -0.39 is 0 Å². The maximum absolute atomic E-state index is 11.9. The molecule has 0 atom stereocenters. The highest BCUT2D eigenvalue weighted by Gasteiger charge is 2.15. The molecule has 0 fully saturated rings. The summed E-state index contributed by atoms with van der Waals surface area (Å²) in [6.45, 7) is 0.682. The molecule has 1 aromatic heterocycles. The molecule has 0 aliphatic carbocycles. The molecule has 3 rings (SSSR count). The average molecular weight is 295 g/mol. The SMILES string of the molecule is COC(=O)c1cn(Cc2ccc(OC)cc2)c2ccccc12. The maximum atomic E-state index is 11.9. The third-order valence-corrected chi connectivity index (χ3v) is 3.71. The monoisotopic (exact) mass is 295 g/mol. The van der Waals surface area contributed by atoms with Gasteiger partial charge in [0.15, 0.2) is 0 Å². The highest BCUT2D eigenvalue weighted by molar-refractivity contribution is 6.04. The van der Waals surface area contributed by atoms with E-state index in [0.29, 0.717) is 12.1 Å². The number of carbonyl (C=O) groups is 1. The second-order valence-electron chi connectivity index (χ2n) is 5.03. The number of nitrogens with zero attached hydrogens (tertiary/aromatic N) is 1. The van der Waals surface area contributed by atoms with Crippen LogP contribution in [0.25, 0.3) is 10.9 Å². The summed E-state index contributed by atoms with van der Waals surface area (Å²) in [5, 5.41) is 0.905. The smallest absolute Gasteiger partial charge is 0.340 e. The molecule has 4 nitrogen and oxygen atoms in total. The molecule has 0 amide bonds. The van der Waals surface area contributed by atoms with Crippen LogP contribution in [0.1, 0.15) is 15.9 Å². The zero-order valence-electron chi connectivity index (χ0n) is 12.6. The van der Waals surface area contributed by atoms with Crippen LogP contribution in [-0.4, -0.2) is 24.8 Å². The van der Waals surface area contributed by atoms with Crippen molar-refractivity contribution in [1.82, 2.24) is 4.57 Å². The van der Waals surface area contributed by atoms with E-state index in [9.17, 15) is 4.79 Å². The van der Waals surface area contributed by atoms with Gasteiger partial charge >= 0.3 is 5.97 Å². The van der Waals surface area contributed by atoms with E-state index in [0.717, 1.165) is 22.2 Å². The van der Waals surface area contributed by atoms with Gasteiger partial charge in [-0.1, -0.05) is 30.3 Å². The Kier molecular flexibility index (Phi) is 3.83. The first-order chi connectivity index (χ1) is 10.7. The lowest BCUT2D eigenvalue weighted by molar-refractivity contribution is 0.0602. The predicted molar refractivity (Wildman–Crippen MR) is 85.4 cm³/mol. The highest BCUT2D eigenvalue weighted by atomic mass is 16.5. The van der Waals surface area contributed by atoms with E-state index in [1.165, 1.54) is 7.11 Å². The minimum Gasteiger partial charge on any atom is -0.497 e. The molecule has 0 aliphatic rings. The Morgan fingerprint density at radius 3 is 2.45 bits per heavy atom. The van der Waals surface area contributed by atoms with Crippen molar-refractivity contribution in [1.29, 1.82) is 0 Å². The normalized spacial score (nSPS) is 10.6. The number of aromatic nitrogens is 1. The fourth-order valence-electron chi connectivity index (χ4n) is 2.58. The van der Waals surface area contributed by atoms with Crippen molar-refractivity contribution in [3.05, 3.63) is 65.9 Å². The van der Waals surface area contributed by atoms with Gasteiger partial charge in [-0.25, -0.2) is 4.79 Å². The number of carbonyl (C=O) groups excluding carboxylic acids is 1. The molecule has 0 spiro atoms. The Balaban J connectivity index is 2.01. The molecule has 0 N–H and O–H groups in total. The first-order valence-corrected chi connectivity index (χ1v) is 7.02. The van der Waals surface area contributed by atoms with Crippen LogP contribution in [0.5, 0.6) is 5.75 Å². The quantitative estimate of drug-likeness (QED) is 0.692. The van der Waals surface area contributed by atoms with Gasteiger partial charge in [0.2, 0.25) is 0 Å². The van der Waals surface area contributed by atoms with Crippen LogP contribution in [-0.2, 0) is 11.3 Å². The molecule has 0 aliphatic heterocycles. The maximum Gasteiger partial charge on any atom is 0.340 e. The summed E-state index contributed by atoms with van der Waals surface area (Å²) < 4.78 is 12.1. The summed E-state index contributed by atoms with van der Waals surface area (Å²) in [6, 6.07) is 15.7. The summed E-state index contributed by atoms with van der Waals surface area (Å²) in [6.07, 6.45) is 1.85. The van der Waals surface area contributed by atoms with Crippen LogP contribution < -0.4 is 4.74 Å². The number of hydrogen-bond donors (Lipinski definition) is 0. The highest BCUT2D eigenvalue weighted by Crippen LogP contribution is 2.23. The number of hydrogen-bond acceptors (Lipinski definition) is 3. The topological polar surface area (TPSA) is 40.5 Å². The fourth-order valence-corrected chi connectivity index (χ4v) is 2.58. The van der Waals surface area contributed by atoms with Crippen LogP contribution in [0, 0.1) is 0 Å². The summed E-state index contributed by atoms with van der Waals surface area (Å²) in [5.41, 5.74) is 2.74. The van der Waals surface area contributed by atoms with Gasteiger partial charge in [0.25, 0.3) is 0 Å². The largest absolute Gasteiger partial charge is 0.497 e. The lowest BCUT2D eigenvalue weighted by Gasteiger charge is -2.06. The molecule has 0 saturated heterocycles. The van der Waals surface area contributed by atoms with Crippen molar-refractivity contribution >= 4 is 16.9 Å². The van der Waals surface area contributed by atoms with E-state index >= 15 is 0 Å². The van der Waals surface area contributed by atoms with Crippen molar-refractivity contribution in [3.8, 4) is 5.75 Å². The Bertz CT molecular complexity index is 803. The molecule has 22 heavy (non-hydrogen) atoms. The van der Waals surface area contributed by atoms with E-state index in [4.69, 9.17) is 9.47 Å². The molecule has 0 saturated carbocycles. The van der Waals surface area contributed by atoms with Gasteiger partial charge in [-0.3, -0.25) is 0 Å². The second-order valence-corrected chi connectivity index (χ2v) is 5.03. The molecule has 2 aromatic carbocycles. The Hall–Kier alpha value is -2.75. The van der Waals surface area contributed by atoms with Gasteiger partial charge < -0.3 is 14.0 Å². The van der Waals surface area contributed by atoms with Gasteiger partial charge in [0.1, 0.15) is 5.75 Å². The van der Waals surface area contributed by atoms with Crippen molar-refractivity contribution in [2.45, 2.75) is 6.54 Å². The minimum atomic E-state index is -0.315. The Morgan fingerprint density at radius 2 is 1.77 bits per heavy atom. The van der Waals surface area contributed by atoms with E-state index in [1.54, 1.807) is 7.11 Å². The van der Waals surface area contributed by atoms with Crippen molar-refractivity contribution in [3.63, 3.8) is 0 Å². The molecular formula is C18H17NO3. The van der Waals surface area contributed by atoms with Crippen LogP contribution in [0.4, 0.5) is 0 Å². The number of methoxy groups -OCH3 is 2. The summed E-state index contributed by atoms with van der Waals surface area (Å²) in [4.78, 5) is 11.9. The summed E-state index contributed by atoms with van der Waals surface area (Å²) >= 11 is 0. The second kappa shape index (κ2) is 5.93. The number of esters is 1. The van der Waals surface area contributed by atoms with E-state index in [1.807, 2.05) is 54.7 Å². The van der Waals surface area contributed by atoms with Crippen LogP contribution in [0.2, 0.25) is 0 Å². The molecule has 0 unspecified atom stereocenters. The van der Waals surface area contributed by atoms with E-state index in [-0.39, 0.29) is 5.97 Å². The third-order valence-electron chi connectivity index (χ3n) is 3.71. The van der Waals surface area contributed by atoms with Crippen molar-refractivity contribution in [2.24, 2.45) is 0 Å².